The predicted molar refractivity (Wildman–Crippen MR) is 142 cm³/mol. The van der Waals surface area contributed by atoms with E-state index < -0.39 is 0 Å². The van der Waals surface area contributed by atoms with Gasteiger partial charge in [0.05, 0.1) is 0 Å². The van der Waals surface area contributed by atoms with Crippen molar-refractivity contribution >= 4 is 0 Å². The molecule has 0 spiro atoms. The number of ether oxygens (including phenoxy) is 1. The van der Waals surface area contributed by atoms with Gasteiger partial charge in [-0.2, -0.15) is 0 Å². The molecule has 0 radical (unpaired) electrons. The summed E-state index contributed by atoms with van der Waals surface area (Å²) in [6.07, 6.45) is 0.980. The highest BCUT2D eigenvalue weighted by atomic mass is 19.1. The molecule has 0 N–H and O–H groups in total. The van der Waals surface area contributed by atoms with Crippen molar-refractivity contribution in [2.45, 2.75) is 19.5 Å². The minimum absolute atomic E-state index is 0.272. The molecule has 0 aliphatic heterocycles. The monoisotopic (exact) mass is 468 g/mol. The summed E-state index contributed by atoms with van der Waals surface area (Å²) in [5.74, 6) is 1.08. The molecule has 0 saturated carbocycles. The second kappa shape index (κ2) is 11.8. The van der Waals surface area contributed by atoms with Gasteiger partial charge in [0.15, 0.2) is 0 Å². The number of hydrogen-bond donors (Lipinski definition) is 0. The van der Waals surface area contributed by atoms with Crippen LogP contribution in [-0.4, -0.2) is 37.5 Å². The lowest BCUT2D eigenvalue weighted by Gasteiger charge is -2.18. The lowest BCUT2D eigenvalue weighted by Crippen LogP contribution is -2.21. The molecule has 180 valence electrons. The van der Waals surface area contributed by atoms with Crippen LogP contribution in [0.1, 0.15) is 16.7 Å². The fraction of sp³-hybridized carbons (Fsp3) is 0.226. The fourth-order valence-corrected chi connectivity index (χ4v) is 4.19. The average Bonchev–Trinajstić information content (AvgIpc) is 2.84. The summed E-state index contributed by atoms with van der Waals surface area (Å²) in [5, 5.41) is 0. The van der Waals surface area contributed by atoms with E-state index in [1.807, 2.05) is 18.2 Å². The Labute approximate surface area is 208 Å². The van der Waals surface area contributed by atoms with Gasteiger partial charge in [-0.3, -0.25) is 0 Å². The molecule has 4 rings (SSSR count). The van der Waals surface area contributed by atoms with E-state index >= 15 is 0 Å². The molecule has 0 fully saturated rings. The fourth-order valence-electron chi connectivity index (χ4n) is 4.19. The first-order valence-corrected chi connectivity index (χ1v) is 12.0. The highest BCUT2D eigenvalue weighted by Gasteiger charge is 2.06. The maximum atomic E-state index is 13.2. The van der Waals surface area contributed by atoms with Crippen molar-refractivity contribution in [1.29, 1.82) is 0 Å². The molecule has 0 heterocycles. The number of rotatable bonds is 10. The largest absolute Gasteiger partial charge is 0.457 e. The van der Waals surface area contributed by atoms with E-state index in [4.69, 9.17) is 4.74 Å². The number of likely N-dealkylation sites (N-methyl/N-ethyl adjacent to an activating group) is 1. The third kappa shape index (κ3) is 7.51. The van der Waals surface area contributed by atoms with Crippen molar-refractivity contribution in [3.05, 3.63) is 120 Å². The molecule has 0 unspecified atom stereocenters. The first kappa shape index (κ1) is 24.6. The third-order valence-electron chi connectivity index (χ3n) is 5.87. The molecule has 0 saturated heterocycles. The first-order valence-electron chi connectivity index (χ1n) is 12.0. The normalized spacial score (nSPS) is 11.3. The van der Waals surface area contributed by atoms with Crippen molar-refractivity contribution in [2.24, 2.45) is 0 Å². The number of hydrogen-bond acceptors (Lipinski definition) is 3. The summed E-state index contributed by atoms with van der Waals surface area (Å²) in [7, 11) is 6.38. The minimum Gasteiger partial charge on any atom is -0.457 e. The van der Waals surface area contributed by atoms with Gasteiger partial charge in [-0.1, -0.05) is 60.7 Å². The Morgan fingerprint density at radius 1 is 0.629 bits per heavy atom. The molecule has 4 heteroatoms. The topological polar surface area (TPSA) is 15.7 Å². The summed E-state index contributed by atoms with van der Waals surface area (Å²) in [6.45, 7) is 2.87. The molecule has 0 aromatic heterocycles. The first-order chi connectivity index (χ1) is 16.9. The standard InChI is InChI=1S/C31H33FN2O/c1-33(2)22-25-8-4-9-26(19-25)23-34(3)18-17-24-7-5-10-27(20-24)28-11-6-12-31(21-28)35-30-15-13-29(32)14-16-30/h4-16,19-21H,17-18,22-23H2,1-3H3. The summed E-state index contributed by atoms with van der Waals surface area (Å²) < 4.78 is 19.1. The summed E-state index contributed by atoms with van der Waals surface area (Å²) in [6, 6.07) is 31.6. The van der Waals surface area contributed by atoms with Gasteiger partial charge in [0.2, 0.25) is 0 Å². The van der Waals surface area contributed by atoms with Crippen LogP contribution in [0.2, 0.25) is 0 Å². The molecule has 4 aromatic carbocycles. The van der Waals surface area contributed by atoms with Gasteiger partial charge in [0, 0.05) is 19.6 Å². The lowest BCUT2D eigenvalue weighted by atomic mass is 10.0. The van der Waals surface area contributed by atoms with E-state index in [9.17, 15) is 4.39 Å². The van der Waals surface area contributed by atoms with Crippen LogP contribution in [0.4, 0.5) is 4.39 Å². The van der Waals surface area contributed by atoms with Crippen molar-refractivity contribution in [3.63, 3.8) is 0 Å². The molecule has 3 nitrogen and oxygen atoms in total. The maximum Gasteiger partial charge on any atom is 0.128 e. The summed E-state index contributed by atoms with van der Waals surface area (Å²) in [4.78, 5) is 4.57. The second-order valence-corrected chi connectivity index (χ2v) is 9.33. The smallest absolute Gasteiger partial charge is 0.128 e. The van der Waals surface area contributed by atoms with Gasteiger partial charge in [-0.15, -0.1) is 0 Å². The van der Waals surface area contributed by atoms with Gasteiger partial charge in [-0.25, -0.2) is 4.39 Å². The quantitative estimate of drug-likeness (QED) is 0.249. The van der Waals surface area contributed by atoms with Crippen molar-refractivity contribution in [3.8, 4) is 22.6 Å². The van der Waals surface area contributed by atoms with E-state index in [1.165, 1.54) is 28.8 Å². The van der Waals surface area contributed by atoms with Gasteiger partial charge in [0.25, 0.3) is 0 Å². The molecule has 0 aliphatic rings. The lowest BCUT2D eigenvalue weighted by molar-refractivity contribution is 0.330. The SMILES string of the molecule is CN(C)Cc1cccc(CN(C)CCc2cccc(-c3cccc(Oc4ccc(F)cc4)c3)c2)c1. The molecule has 0 atom stereocenters. The van der Waals surface area contributed by atoms with E-state index in [2.05, 4.69) is 85.5 Å². The molecule has 0 aliphatic carbocycles. The Hall–Kier alpha value is -3.47. The van der Waals surface area contributed by atoms with Crippen LogP contribution in [0, 0.1) is 5.82 Å². The van der Waals surface area contributed by atoms with E-state index in [0.29, 0.717) is 5.75 Å². The van der Waals surface area contributed by atoms with Crippen molar-refractivity contribution in [2.75, 3.05) is 27.7 Å². The van der Waals surface area contributed by atoms with Gasteiger partial charge < -0.3 is 14.5 Å². The van der Waals surface area contributed by atoms with Crippen LogP contribution in [0.25, 0.3) is 11.1 Å². The highest BCUT2D eigenvalue weighted by Crippen LogP contribution is 2.28. The van der Waals surface area contributed by atoms with Crippen molar-refractivity contribution < 1.29 is 9.13 Å². The Morgan fingerprint density at radius 2 is 1.26 bits per heavy atom. The third-order valence-corrected chi connectivity index (χ3v) is 5.87. The van der Waals surface area contributed by atoms with Gasteiger partial charge in [0.1, 0.15) is 17.3 Å². The Bertz CT molecular complexity index is 1240. The Balaban J connectivity index is 1.37. The van der Waals surface area contributed by atoms with Crippen LogP contribution in [-0.2, 0) is 19.5 Å². The maximum absolute atomic E-state index is 13.2. The average molecular weight is 469 g/mol. The van der Waals surface area contributed by atoms with Gasteiger partial charge >= 0.3 is 0 Å². The van der Waals surface area contributed by atoms with E-state index in [1.54, 1.807) is 12.1 Å². The van der Waals surface area contributed by atoms with Crippen molar-refractivity contribution in [1.82, 2.24) is 9.80 Å². The Morgan fingerprint density at radius 3 is 2.00 bits per heavy atom. The summed E-state index contributed by atoms with van der Waals surface area (Å²) in [5.41, 5.74) is 6.25. The van der Waals surface area contributed by atoms with Crippen LogP contribution in [0.3, 0.4) is 0 Å². The Kier molecular flexibility index (Phi) is 8.30. The molecular formula is C31H33FN2O. The zero-order chi connectivity index (χ0) is 24.6. The number of halogens is 1. The van der Waals surface area contributed by atoms with E-state index in [-0.39, 0.29) is 5.82 Å². The van der Waals surface area contributed by atoms with Gasteiger partial charge in [-0.05, 0) is 91.8 Å². The van der Waals surface area contributed by atoms with Crippen LogP contribution in [0.15, 0.2) is 97.1 Å². The highest BCUT2D eigenvalue weighted by molar-refractivity contribution is 5.66. The van der Waals surface area contributed by atoms with Crippen LogP contribution >= 0.6 is 0 Å². The number of benzene rings is 4. The van der Waals surface area contributed by atoms with Crippen LogP contribution < -0.4 is 4.74 Å². The molecule has 35 heavy (non-hydrogen) atoms. The second-order valence-electron chi connectivity index (χ2n) is 9.33. The predicted octanol–water partition coefficient (Wildman–Crippen LogP) is 7.02. The minimum atomic E-state index is -0.272. The zero-order valence-electron chi connectivity index (χ0n) is 20.7. The molecule has 0 bridgehead atoms. The zero-order valence-corrected chi connectivity index (χ0v) is 20.7. The molecule has 4 aromatic rings. The molecular weight excluding hydrogens is 435 g/mol. The van der Waals surface area contributed by atoms with E-state index in [0.717, 1.165) is 42.9 Å². The van der Waals surface area contributed by atoms with Crippen LogP contribution in [0.5, 0.6) is 11.5 Å². The number of nitrogens with zero attached hydrogens (tertiary/aromatic N) is 2. The molecule has 0 amide bonds. The summed E-state index contributed by atoms with van der Waals surface area (Å²) >= 11 is 0.